The summed E-state index contributed by atoms with van der Waals surface area (Å²) < 4.78 is 0. The minimum atomic E-state index is -0.322. The predicted octanol–water partition coefficient (Wildman–Crippen LogP) is 1.71. The van der Waals surface area contributed by atoms with Gasteiger partial charge in [0.15, 0.2) is 0 Å². The summed E-state index contributed by atoms with van der Waals surface area (Å²) in [5.41, 5.74) is 0.399. The first-order valence-electron chi connectivity index (χ1n) is 4.18. The summed E-state index contributed by atoms with van der Waals surface area (Å²) in [5, 5.41) is 9.05. The van der Waals surface area contributed by atoms with Gasteiger partial charge in [0, 0.05) is 0 Å². The highest BCUT2D eigenvalue weighted by atomic mass is 35.5. The molecule has 2 rings (SSSR count). The van der Waals surface area contributed by atoms with Crippen LogP contribution in [-0.4, -0.2) is 21.1 Å². The number of hydrogen-bond acceptors (Lipinski definition) is 3. The molecule has 0 atom stereocenters. The van der Waals surface area contributed by atoms with E-state index < -0.39 is 0 Å². The van der Waals surface area contributed by atoms with Crippen molar-refractivity contribution in [2.45, 2.75) is 0 Å². The molecule has 2 aromatic rings. The van der Waals surface area contributed by atoms with Gasteiger partial charge in [-0.1, -0.05) is 23.7 Å². The van der Waals surface area contributed by atoms with Crippen molar-refractivity contribution in [1.29, 1.82) is 0 Å². The van der Waals surface area contributed by atoms with Gasteiger partial charge in [0.2, 0.25) is 5.95 Å². The fourth-order valence-corrected chi connectivity index (χ4v) is 1.31. The van der Waals surface area contributed by atoms with E-state index in [1.807, 2.05) is 0 Å². The van der Waals surface area contributed by atoms with Crippen molar-refractivity contribution in [1.82, 2.24) is 15.2 Å². The first-order chi connectivity index (χ1) is 7.27. The van der Waals surface area contributed by atoms with Gasteiger partial charge < -0.3 is 0 Å². The topological polar surface area (TPSA) is 70.7 Å². The van der Waals surface area contributed by atoms with Gasteiger partial charge in [-0.25, -0.2) is 5.10 Å². The zero-order chi connectivity index (χ0) is 10.7. The van der Waals surface area contributed by atoms with Crippen molar-refractivity contribution in [3.8, 4) is 0 Å². The van der Waals surface area contributed by atoms with Crippen molar-refractivity contribution < 1.29 is 4.79 Å². The maximum Gasteiger partial charge on any atom is 0.259 e. The lowest BCUT2D eigenvalue weighted by atomic mass is 10.2. The third kappa shape index (κ3) is 2.13. The van der Waals surface area contributed by atoms with Crippen LogP contribution in [-0.2, 0) is 0 Å². The van der Waals surface area contributed by atoms with Crippen molar-refractivity contribution >= 4 is 23.5 Å². The largest absolute Gasteiger partial charge is 0.291 e. The van der Waals surface area contributed by atoms with Gasteiger partial charge in [-0.2, -0.15) is 10.1 Å². The molecule has 76 valence electrons. The number of H-pyrrole nitrogens is 1. The Bertz CT molecular complexity index is 469. The van der Waals surface area contributed by atoms with E-state index in [-0.39, 0.29) is 5.91 Å². The molecule has 0 fully saturated rings. The molecular formula is C9H7ClN4O. The summed E-state index contributed by atoms with van der Waals surface area (Å²) in [6.07, 6.45) is 1.31. The smallest absolute Gasteiger partial charge is 0.259 e. The van der Waals surface area contributed by atoms with Gasteiger partial charge in [0.25, 0.3) is 5.91 Å². The second kappa shape index (κ2) is 4.10. The average Bonchev–Trinajstić information content (AvgIpc) is 2.71. The van der Waals surface area contributed by atoms with E-state index in [0.29, 0.717) is 16.5 Å². The lowest BCUT2D eigenvalue weighted by Gasteiger charge is -2.02. The molecule has 0 saturated heterocycles. The number of rotatable bonds is 2. The Morgan fingerprint density at radius 2 is 2.20 bits per heavy atom. The second-order valence-electron chi connectivity index (χ2n) is 2.77. The SMILES string of the molecule is O=C(Nc1ncn[nH]1)c1ccccc1Cl. The average molecular weight is 223 g/mol. The quantitative estimate of drug-likeness (QED) is 0.813. The molecule has 0 radical (unpaired) electrons. The van der Waals surface area contributed by atoms with Crippen molar-refractivity contribution in [2.75, 3.05) is 5.32 Å². The van der Waals surface area contributed by atoms with Crippen LogP contribution in [0.15, 0.2) is 30.6 Å². The molecule has 0 spiro atoms. The Morgan fingerprint density at radius 3 is 2.87 bits per heavy atom. The predicted molar refractivity (Wildman–Crippen MR) is 55.8 cm³/mol. The number of benzene rings is 1. The first-order valence-corrected chi connectivity index (χ1v) is 4.56. The van der Waals surface area contributed by atoms with Crippen molar-refractivity contribution in [3.05, 3.63) is 41.2 Å². The third-order valence-corrected chi connectivity index (χ3v) is 2.10. The van der Waals surface area contributed by atoms with Crippen LogP contribution in [0.2, 0.25) is 5.02 Å². The summed E-state index contributed by atoms with van der Waals surface area (Å²) in [4.78, 5) is 15.4. The van der Waals surface area contributed by atoms with Crippen LogP contribution in [0.25, 0.3) is 0 Å². The van der Waals surface area contributed by atoms with Crippen LogP contribution in [0.1, 0.15) is 10.4 Å². The van der Waals surface area contributed by atoms with E-state index >= 15 is 0 Å². The first kappa shape index (κ1) is 9.67. The van der Waals surface area contributed by atoms with Gasteiger partial charge in [-0.05, 0) is 12.1 Å². The molecule has 5 nitrogen and oxygen atoms in total. The Hall–Kier alpha value is -1.88. The molecule has 2 N–H and O–H groups in total. The fraction of sp³-hybridized carbons (Fsp3) is 0. The molecule has 0 unspecified atom stereocenters. The third-order valence-electron chi connectivity index (χ3n) is 1.77. The van der Waals surface area contributed by atoms with Crippen molar-refractivity contribution in [3.63, 3.8) is 0 Å². The Kier molecular flexibility index (Phi) is 2.64. The van der Waals surface area contributed by atoms with Crippen LogP contribution >= 0.6 is 11.6 Å². The summed E-state index contributed by atoms with van der Waals surface area (Å²) >= 11 is 5.85. The Morgan fingerprint density at radius 1 is 1.40 bits per heavy atom. The molecular weight excluding hydrogens is 216 g/mol. The lowest BCUT2D eigenvalue weighted by molar-refractivity contribution is 0.102. The summed E-state index contributed by atoms with van der Waals surface area (Å²) in [6.45, 7) is 0. The van der Waals surface area contributed by atoms with E-state index in [2.05, 4.69) is 20.5 Å². The number of hydrogen-bond donors (Lipinski definition) is 2. The fourth-order valence-electron chi connectivity index (χ4n) is 1.09. The molecule has 0 aliphatic heterocycles. The molecule has 1 heterocycles. The molecule has 0 aliphatic rings. The molecule has 0 bridgehead atoms. The zero-order valence-electron chi connectivity index (χ0n) is 7.57. The molecule has 0 saturated carbocycles. The van der Waals surface area contributed by atoms with Crippen LogP contribution in [0.5, 0.6) is 0 Å². The monoisotopic (exact) mass is 222 g/mol. The van der Waals surface area contributed by atoms with Gasteiger partial charge in [-0.3, -0.25) is 10.1 Å². The van der Waals surface area contributed by atoms with Gasteiger partial charge in [0.1, 0.15) is 6.33 Å². The summed E-state index contributed by atoms with van der Waals surface area (Å²) in [6, 6.07) is 6.78. The maximum atomic E-state index is 11.6. The molecule has 1 aromatic carbocycles. The van der Waals surface area contributed by atoms with E-state index in [4.69, 9.17) is 11.6 Å². The summed E-state index contributed by atoms with van der Waals surface area (Å²) in [7, 11) is 0. The minimum Gasteiger partial charge on any atom is -0.291 e. The van der Waals surface area contributed by atoms with Crippen LogP contribution in [0, 0.1) is 0 Å². The van der Waals surface area contributed by atoms with Crippen molar-refractivity contribution in [2.24, 2.45) is 0 Å². The van der Waals surface area contributed by atoms with Gasteiger partial charge >= 0.3 is 0 Å². The molecule has 1 aromatic heterocycles. The van der Waals surface area contributed by atoms with E-state index in [0.717, 1.165) is 0 Å². The van der Waals surface area contributed by atoms with Gasteiger partial charge in [-0.15, -0.1) is 0 Å². The number of aromatic nitrogens is 3. The molecule has 0 aliphatic carbocycles. The number of aromatic amines is 1. The number of nitrogens with one attached hydrogen (secondary N) is 2. The Labute approximate surface area is 90.5 Å². The number of amides is 1. The maximum absolute atomic E-state index is 11.6. The van der Waals surface area contributed by atoms with Crippen LogP contribution in [0.3, 0.4) is 0 Å². The second-order valence-corrected chi connectivity index (χ2v) is 3.18. The highest BCUT2D eigenvalue weighted by Crippen LogP contribution is 2.15. The van der Waals surface area contributed by atoms with Crippen LogP contribution in [0.4, 0.5) is 5.95 Å². The number of carbonyl (C=O) groups excluding carboxylic acids is 1. The minimum absolute atomic E-state index is 0.292. The van der Waals surface area contributed by atoms with Crippen LogP contribution < -0.4 is 5.32 Å². The number of nitrogens with zero attached hydrogens (tertiary/aromatic N) is 2. The van der Waals surface area contributed by atoms with Gasteiger partial charge in [0.05, 0.1) is 10.6 Å². The normalized spacial score (nSPS) is 9.93. The standard InChI is InChI=1S/C9H7ClN4O/c10-7-4-2-1-3-6(7)8(15)13-9-11-5-12-14-9/h1-5H,(H2,11,12,13,14,15). The van der Waals surface area contributed by atoms with E-state index in [1.165, 1.54) is 6.33 Å². The highest BCUT2D eigenvalue weighted by Gasteiger charge is 2.10. The zero-order valence-corrected chi connectivity index (χ0v) is 8.32. The molecule has 6 heteroatoms. The van der Waals surface area contributed by atoms with E-state index in [1.54, 1.807) is 24.3 Å². The Balaban J connectivity index is 2.19. The number of anilines is 1. The van der Waals surface area contributed by atoms with E-state index in [9.17, 15) is 4.79 Å². The molecule has 15 heavy (non-hydrogen) atoms. The molecule has 1 amide bonds. The number of halogens is 1. The highest BCUT2D eigenvalue weighted by molar-refractivity contribution is 6.34. The summed E-state index contributed by atoms with van der Waals surface area (Å²) in [5.74, 6) is -0.0303. The number of carbonyl (C=O) groups is 1. The lowest BCUT2D eigenvalue weighted by Crippen LogP contribution is -2.13.